The molecule has 0 unspecified atom stereocenters. The molecule has 2 aliphatic rings. The van der Waals surface area contributed by atoms with Crippen molar-refractivity contribution in [3.8, 4) is 0 Å². The summed E-state index contributed by atoms with van der Waals surface area (Å²) in [6.07, 6.45) is 0. The van der Waals surface area contributed by atoms with Gasteiger partial charge in [0, 0.05) is 44.8 Å². The molecule has 0 spiro atoms. The van der Waals surface area contributed by atoms with Crippen LogP contribution in [0.2, 0.25) is 0 Å². The van der Waals surface area contributed by atoms with Crippen LogP contribution in [0.3, 0.4) is 0 Å². The Morgan fingerprint density at radius 2 is 1.32 bits per heavy atom. The van der Waals surface area contributed by atoms with E-state index in [1.807, 2.05) is 59.5 Å². The molecule has 1 saturated heterocycles. The monoisotopic (exact) mass is 378 g/mol. The molecule has 0 radical (unpaired) electrons. The van der Waals surface area contributed by atoms with Crippen LogP contribution in [-0.4, -0.2) is 74.5 Å². The van der Waals surface area contributed by atoms with E-state index in [0.717, 1.165) is 37.6 Å². The van der Waals surface area contributed by atoms with Crippen molar-refractivity contribution in [2.45, 2.75) is 0 Å². The fourth-order valence-electron chi connectivity index (χ4n) is 3.85. The molecule has 2 aromatic rings. The second-order valence-electron chi connectivity index (χ2n) is 7.44. The lowest BCUT2D eigenvalue weighted by atomic mass is 10.1. The van der Waals surface area contributed by atoms with Crippen molar-refractivity contribution in [2.75, 3.05) is 62.7 Å². The van der Waals surface area contributed by atoms with Crippen molar-refractivity contribution in [3.63, 3.8) is 0 Å². The molecule has 0 aromatic heterocycles. The van der Waals surface area contributed by atoms with Crippen molar-refractivity contribution < 1.29 is 9.59 Å². The second kappa shape index (κ2) is 8.12. The molecule has 146 valence electrons. The Hall–Kier alpha value is -2.70. The van der Waals surface area contributed by atoms with Crippen molar-refractivity contribution in [1.29, 1.82) is 0 Å². The molecule has 0 atom stereocenters. The molecule has 6 heteroatoms. The van der Waals surface area contributed by atoms with Gasteiger partial charge in [0.05, 0.1) is 17.9 Å². The average Bonchev–Trinajstić information content (AvgIpc) is 2.74. The van der Waals surface area contributed by atoms with Crippen LogP contribution in [0.25, 0.3) is 0 Å². The van der Waals surface area contributed by atoms with Crippen molar-refractivity contribution in [1.82, 2.24) is 9.80 Å². The van der Waals surface area contributed by atoms with E-state index in [1.165, 1.54) is 0 Å². The molecule has 2 aromatic carbocycles. The van der Waals surface area contributed by atoms with E-state index in [2.05, 4.69) is 16.8 Å². The number of hydrogen-bond donors (Lipinski definition) is 0. The summed E-state index contributed by atoms with van der Waals surface area (Å²) in [5.41, 5.74) is 2.28. The van der Waals surface area contributed by atoms with Gasteiger partial charge in [-0.1, -0.05) is 30.3 Å². The lowest BCUT2D eigenvalue weighted by Crippen LogP contribution is -2.52. The number of likely N-dealkylation sites (N-methyl/N-ethyl adjacent to an activating group) is 1. The number of fused-ring (bicyclic) bond motifs is 1. The highest BCUT2D eigenvalue weighted by Gasteiger charge is 2.31. The largest absolute Gasteiger partial charge is 0.307 e. The number of rotatable bonds is 3. The molecule has 2 amide bonds. The number of carbonyl (C=O) groups excluding carboxylic acids is 2. The summed E-state index contributed by atoms with van der Waals surface area (Å²) in [5, 5.41) is 0. The SMILES string of the molecule is CN1CCN(CC(=O)N2CCN(C(=O)c3ccccc3)c3ccccc32)CC1. The van der Waals surface area contributed by atoms with Crippen molar-refractivity contribution >= 4 is 23.2 Å². The molecular formula is C22H26N4O2. The van der Waals surface area contributed by atoms with E-state index in [-0.39, 0.29) is 11.8 Å². The van der Waals surface area contributed by atoms with Gasteiger partial charge in [0.25, 0.3) is 5.91 Å². The van der Waals surface area contributed by atoms with Crippen LogP contribution in [0, 0.1) is 0 Å². The maximum atomic E-state index is 13.0. The smallest absolute Gasteiger partial charge is 0.258 e. The quantitative estimate of drug-likeness (QED) is 0.819. The number of benzene rings is 2. The molecule has 0 saturated carbocycles. The number of hydrogen-bond acceptors (Lipinski definition) is 4. The summed E-state index contributed by atoms with van der Waals surface area (Å²) < 4.78 is 0. The standard InChI is InChI=1S/C22H26N4O2/c1-23-11-13-24(14-12-23)17-21(27)25-15-16-26(20-10-6-5-9-19(20)25)22(28)18-7-3-2-4-8-18/h2-10H,11-17H2,1H3. The Morgan fingerprint density at radius 1 is 0.750 bits per heavy atom. The van der Waals surface area contributed by atoms with Crippen LogP contribution >= 0.6 is 0 Å². The van der Waals surface area contributed by atoms with Gasteiger partial charge in [0.1, 0.15) is 0 Å². The Kier molecular flexibility index (Phi) is 5.41. The zero-order valence-electron chi connectivity index (χ0n) is 16.3. The highest BCUT2D eigenvalue weighted by Crippen LogP contribution is 2.33. The number of para-hydroxylation sites is 2. The lowest BCUT2D eigenvalue weighted by molar-refractivity contribution is -0.120. The van der Waals surface area contributed by atoms with Crippen LogP contribution in [0.5, 0.6) is 0 Å². The number of amides is 2. The fourth-order valence-corrected chi connectivity index (χ4v) is 3.85. The first-order valence-electron chi connectivity index (χ1n) is 9.81. The zero-order valence-corrected chi connectivity index (χ0v) is 16.3. The molecule has 0 N–H and O–H groups in total. The summed E-state index contributed by atoms with van der Waals surface area (Å²) in [4.78, 5) is 34.1. The fraction of sp³-hybridized carbons (Fsp3) is 0.364. The third kappa shape index (κ3) is 3.79. The van der Waals surface area contributed by atoms with Crippen LogP contribution in [0.4, 0.5) is 11.4 Å². The molecule has 2 aliphatic heterocycles. The Morgan fingerprint density at radius 3 is 2.00 bits per heavy atom. The molecule has 6 nitrogen and oxygen atoms in total. The summed E-state index contributed by atoms with van der Waals surface area (Å²) in [7, 11) is 2.11. The first-order valence-corrected chi connectivity index (χ1v) is 9.81. The van der Waals surface area contributed by atoms with Gasteiger partial charge in [-0.15, -0.1) is 0 Å². The van der Waals surface area contributed by atoms with E-state index in [1.54, 1.807) is 4.90 Å². The minimum atomic E-state index is -0.0285. The van der Waals surface area contributed by atoms with E-state index < -0.39 is 0 Å². The molecular weight excluding hydrogens is 352 g/mol. The van der Waals surface area contributed by atoms with Gasteiger partial charge in [0.2, 0.25) is 5.91 Å². The molecule has 1 fully saturated rings. The maximum Gasteiger partial charge on any atom is 0.258 e. The van der Waals surface area contributed by atoms with Gasteiger partial charge in [0.15, 0.2) is 0 Å². The molecule has 0 aliphatic carbocycles. The third-order valence-corrected chi connectivity index (χ3v) is 5.53. The van der Waals surface area contributed by atoms with E-state index in [4.69, 9.17) is 0 Å². The number of piperazine rings is 1. The Balaban J connectivity index is 1.53. The molecule has 4 rings (SSSR count). The minimum absolute atomic E-state index is 0.0285. The number of nitrogens with zero attached hydrogens (tertiary/aromatic N) is 4. The van der Waals surface area contributed by atoms with Crippen molar-refractivity contribution in [3.05, 3.63) is 60.2 Å². The molecule has 0 bridgehead atoms. The number of anilines is 2. The van der Waals surface area contributed by atoms with Gasteiger partial charge in [-0.25, -0.2) is 0 Å². The Bertz CT molecular complexity index is 847. The normalized spacial score (nSPS) is 18.0. The summed E-state index contributed by atoms with van der Waals surface area (Å²) >= 11 is 0. The van der Waals surface area contributed by atoms with Gasteiger partial charge >= 0.3 is 0 Å². The van der Waals surface area contributed by atoms with Gasteiger partial charge in [-0.3, -0.25) is 14.5 Å². The lowest BCUT2D eigenvalue weighted by Gasteiger charge is -2.38. The second-order valence-corrected chi connectivity index (χ2v) is 7.44. The molecule has 28 heavy (non-hydrogen) atoms. The predicted molar refractivity (Wildman–Crippen MR) is 111 cm³/mol. The van der Waals surface area contributed by atoms with Gasteiger partial charge < -0.3 is 14.7 Å². The molecule has 2 heterocycles. The van der Waals surface area contributed by atoms with Gasteiger partial charge in [-0.2, -0.15) is 0 Å². The van der Waals surface area contributed by atoms with Gasteiger partial charge in [-0.05, 0) is 31.3 Å². The third-order valence-electron chi connectivity index (χ3n) is 5.53. The van der Waals surface area contributed by atoms with E-state index in [0.29, 0.717) is 25.2 Å². The summed E-state index contributed by atoms with van der Waals surface area (Å²) in [6.45, 7) is 5.25. The predicted octanol–water partition coefficient (Wildman–Crippen LogP) is 1.93. The van der Waals surface area contributed by atoms with Crippen LogP contribution in [0.1, 0.15) is 10.4 Å². The van der Waals surface area contributed by atoms with Crippen molar-refractivity contribution in [2.24, 2.45) is 0 Å². The summed E-state index contributed by atoms with van der Waals surface area (Å²) in [5.74, 6) is 0.0722. The highest BCUT2D eigenvalue weighted by atomic mass is 16.2. The summed E-state index contributed by atoms with van der Waals surface area (Å²) in [6, 6.07) is 17.0. The first kappa shape index (κ1) is 18.7. The average molecular weight is 378 g/mol. The first-order chi connectivity index (χ1) is 13.6. The van der Waals surface area contributed by atoms with Crippen LogP contribution < -0.4 is 9.80 Å². The number of carbonyl (C=O) groups is 2. The Labute approximate surface area is 165 Å². The van der Waals surface area contributed by atoms with Crippen LogP contribution in [0.15, 0.2) is 54.6 Å². The topological polar surface area (TPSA) is 47.1 Å². The minimum Gasteiger partial charge on any atom is -0.307 e. The van der Waals surface area contributed by atoms with E-state index >= 15 is 0 Å². The zero-order chi connectivity index (χ0) is 19.5. The maximum absolute atomic E-state index is 13.0. The highest BCUT2D eigenvalue weighted by molar-refractivity contribution is 6.10. The van der Waals surface area contributed by atoms with E-state index in [9.17, 15) is 9.59 Å². The van der Waals surface area contributed by atoms with Crippen LogP contribution in [-0.2, 0) is 4.79 Å².